The summed E-state index contributed by atoms with van der Waals surface area (Å²) in [5, 5.41) is 8.98. The number of carbonyl (C=O) groups is 2. The van der Waals surface area contributed by atoms with Gasteiger partial charge in [0, 0.05) is 30.1 Å². The van der Waals surface area contributed by atoms with Crippen LogP contribution in [0.4, 0.5) is 5.82 Å². The van der Waals surface area contributed by atoms with Gasteiger partial charge in [-0.25, -0.2) is 0 Å². The Bertz CT molecular complexity index is 709. The minimum absolute atomic E-state index is 0.142. The minimum Gasteiger partial charge on any atom is -0.372 e. The van der Waals surface area contributed by atoms with Crippen molar-refractivity contribution in [1.29, 1.82) is 0 Å². The molecule has 1 aliphatic rings. The molecule has 2 amide bonds. The van der Waals surface area contributed by atoms with Gasteiger partial charge in [-0.3, -0.25) is 14.3 Å². The average Bonchev–Trinajstić information content (AvgIpc) is 3.14. The first kappa shape index (κ1) is 15.7. The summed E-state index contributed by atoms with van der Waals surface area (Å²) in [5.74, 6) is -0.0645. The molecule has 2 aromatic rings. The number of anilines is 1. The monoisotopic (exact) mass is 334 g/mol. The first-order chi connectivity index (χ1) is 11.1. The van der Waals surface area contributed by atoms with Gasteiger partial charge in [-0.2, -0.15) is 5.10 Å². The molecule has 23 heavy (non-hydrogen) atoms. The first-order valence-corrected chi connectivity index (χ1v) is 8.29. The molecule has 0 radical (unpaired) electrons. The lowest BCUT2D eigenvalue weighted by Gasteiger charge is -2.22. The Hall–Kier alpha value is -2.19. The number of primary amides is 1. The summed E-state index contributed by atoms with van der Waals surface area (Å²) in [6, 6.07) is 3.78. The van der Waals surface area contributed by atoms with Crippen molar-refractivity contribution in [2.75, 3.05) is 11.9 Å². The van der Waals surface area contributed by atoms with Gasteiger partial charge >= 0.3 is 0 Å². The van der Waals surface area contributed by atoms with Gasteiger partial charge in [-0.05, 0) is 23.4 Å². The second kappa shape index (κ2) is 6.93. The third kappa shape index (κ3) is 3.96. The third-order valence-corrected chi connectivity index (χ3v) is 4.68. The van der Waals surface area contributed by atoms with E-state index in [1.807, 2.05) is 5.38 Å². The van der Waals surface area contributed by atoms with E-state index in [1.54, 1.807) is 28.3 Å². The molecule has 8 heteroatoms. The summed E-state index contributed by atoms with van der Waals surface area (Å²) < 4.78 is 7.29. The Morgan fingerprint density at radius 2 is 2.35 bits per heavy atom. The molecule has 3 rings (SSSR count). The molecule has 2 aromatic heterocycles. The zero-order valence-electron chi connectivity index (χ0n) is 12.5. The number of hydrogen-bond acceptors (Lipinski definition) is 5. The quantitative estimate of drug-likeness (QED) is 0.835. The van der Waals surface area contributed by atoms with Crippen LogP contribution in [0.25, 0.3) is 0 Å². The molecule has 3 N–H and O–H groups in total. The van der Waals surface area contributed by atoms with Gasteiger partial charge in [-0.1, -0.05) is 0 Å². The second-order valence-electron chi connectivity index (χ2n) is 5.35. The molecule has 0 aromatic carbocycles. The zero-order chi connectivity index (χ0) is 16.2. The van der Waals surface area contributed by atoms with Gasteiger partial charge in [0.1, 0.15) is 6.10 Å². The first-order valence-electron chi connectivity index (χ1n) is 7.41. The number of rotatable bonds is 6. The Morgan fingerprint density at radius 1 is 1.48 bits per heavy atom. The molecule has 1 unspecified atom stereocenters. The Kier molecular flexibility index (Phi) is 4.73. The number of thiophene rings is 1. The number of hydrogen-bond donors (Lipinski definition) is 2. The van der Waals surface area contributed by atoms with E-state index in [-0.39, 0.29) is 30.8 Å². The number of nitrogens with two attached hydrogens (primary N) is 1. The van der Waals surface area contributed by atoms with E-state index in [2.05, 4.69) is 16.5 Å². The highest BCUT2D eigenvalue weighted by Crippen LogP contribution is 2.33. The summed E-state index contributed by atoms with van der Waals surface area (Å²) in [4.78, 5) is 24.1. The van der Waals surface area contributed by atoms with Crippen LogP contribution < -0.4 is 11.1 Å². The minimum atomic E-state index is -0.382. The molecule has 0 fully saturated rings. The Morgan fingerprint density at radius 3 is 3.17 bits per heavy atom. The topological polar surface area (TPSA) is 99.2 Å². The maximum absolute atomic E-state index is 12.2. The molecule has 7 nitrogen and oxygen atoms in total. The molecule has 0 saturated heterocycles. The predicted octanol–water partition coefficient (Wildman–Crippen LogP) is 1.46. The lowest BCUT2D eigenvalue weighted by Crippen LogP contribution is -2.21. The average molecular weight is 334 g/mol. The number of ether oxygens (including phenoxy) is 1. The van der Waals surface area contributed by atoms with Crippen molar-refractivity contribution in [3.05, 3.63) is 34.2 Å². The van der Waals surface area contributed by atoms with Gasteiger partial charge in [0.25, 0.3) is 0 Å². The maximum atomic E-state index is 12.2. The lowest BCUT2D eigenvalue weighted by molar-refractivity contribution is -0.119. The van der Waals surface area contributed by atoms with Crippen molar-refractivity contribution < 1.29 is 14.3 Å². The molecular weight excluding hydrogens is 316 g/mol. The number of aryl methyl sites for hydroxylation is 1. The van der Waals surface area contributed by atoms with Crippen molar-refractivity contribution in [2.45, 2.75) is 31.9 Å². The van der Waals surface area contributed by atoms with Crippen LogP contribution in [0.3, 0.4) is 0 Å². The normalized spacial score (nSPS) is 16.8. The van der Waals surface area contributed by atoms with E-state index in [1.165, 1.54) is 5.56 Å². The highest BCUT2D eigenvalue weighted by atomic mass is 32.1. The number of aromatic nitrogens is 2. The van der Waals surface area contributed by atoms with E-state index in [0.29, 0.717) is 19.0 Å². The standard InChI is InChI=1S/C15H18N4O3S/c16-12(20)1-5-19-6-2-13(18-19)17-14(21)9-11-15-10(3-7-22-11)4-8-23-15/h2,4,6,8,11H,1,3,5,7,9H2,(H2,16,20)(H,17,18,21). The second-order valence-corrected chi connectivity index (χ2v) is 6.30. The number of nitrogens with zero attached hydrogens (tertiary/aromatic N) is 2. The largest absolute Gasteiger partial charge is 0.372 e. The summed E-state index contributed by atoms with van der Waals surface area (Å²) in [5.41, 5.74) is 6.37. The zero-order valence-corrected chi connectivity index (χ0v) is 13.3. The molecule has 122 valence electrons. The number of nitrogens with one attached hydrogen (secondary N) is 1. The maximum Gasteiger partial charge on any atom is 0.228 e. The number of carbonyl (C=O) groups excluding carboxylic acids is 2. The molecule has 1 atom stereocenters. The fourth-order valence-electron chi connectivity index (χ4n) is 2.51. The molecule has 0 saturated carbocycles. The molecule has 1 aliphatic heterocycles. The summed E-state index contributed by atoms with van der Waals surface area (Å²) in [6.45, 7) is 1.04. The predicted molar refractivity (Wildman–Crippen MR) is 86.0 cm³/mol. The van der Waals surface area contributed by atoms with Crippen LogP contribution in [-0.2, 0) is 27.3 Å². The van der Waals surface area contributed by atoms with E-state index < -0.39 is 0 Å². The van der Waals surface area contributed by atoms with Crippen LogP contribution in [0.15, 0.2) is 23.7 Å². The van der Waals surface area contributed by atoms with Crippen molar-refractivity contribution in [1.82, 2.24) is 9.78 Å². The van der Waals surface area contributed by atoms with E-state index >= 15 is 0 Å². The van der Waals surface area contributed by atoms with Crippen molar-refractivity contribution >= 4 is 29.0 Å². The van der Waals surface area contributed by atoms with Crippen LogP contribution in [-0.4, -0.2) is 28.2 Å². The third-order valence-electron chi connectivity index (χ3n) is 3.63. The van der Waals surface area contributed by atoms with Crippen LogP contribution in [0, 0.1) is 0 Å². The summed E-state index contributed by atoms with van der Waals surface area (Å²) in [7, 11) is 0. The van der Waals surface area contributed by atoms with Gasteiger partial charge in [0.2, 0.25) is 11.8 Å². The van der Waals surface area contributed by atoms with Crippen molar-refractivity contribution in [3.63, 3.8) is 0 Å². The Labute approximate surface area is 137 Å². The van der Waals surface area contributed by atoms with E-state index in [4.69, 9.17) is 10.5 Å². The molecule has 3 heterocycles. The van der Waals surface area contributed by atoms with Crippen molar-refractivity contribution in [3.8, 4) is 0 Å². The van der Waals surface area contributed by atoms with Gasteiger partial charge in [-0.15, -0.1) is 11.3 Å². The van der Waals surface area contributed by atoms with Crippen LogP contribution >= 0.6 is 11.3 Å². The number of amides is 2. The fraction of sp³-hybridized carbons (Fsp3) is 0.400. The van der Waals surface area contributed by atoms with Gasteiger partial charge in [0.05, 0.1) is 13.0 Å². The highest BCUT2D eigenvalue weighted by Gasteiger charge is 2.24. The van der Waals surface area contributed by atoms with Gasteiger partial charge < -0.3 is 15.8 Å². The van der Waals surface area contributed by atoms with Crippen LogP contribution in [0.5, 0.6) is 0 Å². The van der Waals surface area contributed by atoms with Crippen LogP contribution in [0.1, 0.15) is 29.4 Å². The molecule has 0 aliphatic carbocycles. The van der Waals surface area contributed by atoms with E-state index in [9.17, 15) is 9.59 Å². The van der Waals surface area contributed by atoms with Crippen LogP contribution in [0.2, 0.25) is 0 Å². The number of fused-ring (bicyclic) bond motifs is 1. The molecular formula is C15H18N4O3S. The highest BCUT2D eigenvalue weighted by molar-refractivity contribution is 7.10. The summed E-state index contributed by atoms with van der Waals surface area (Å²) in [6.07, 6.45) is 2.90. The Balaban J connectivity index is 1.55. The smallest absolute Gasteiger partial charge is 0.228 e. The van der Waals surface area contributed by atoms with E-state index in [0.717, 1.165) is 11.3 Å². The fourth-order valence-corrected chi connectivity index (χ4v) is 3.52. The van der Waals surface area contributed by atoms with Gasteiger partial charge in [0.15, 0.2) is 5.82 Å². The molecule has 0 spiro atoms. The summed E-state index contributed by atoms with van der Waals surface area (Å²) >= 11 is 1.63. The van der Waals surface area contributed by atoms with Crippen molar-refractivity contribution in [2.24, 2.45) is 5.73 Å². The SMILES string of the molecule is NC(=O)CCn1ccc(NC(=O)CC2OCCc3ccsc32)n1. The lowest BCUT2D eigenvalue weighted by atomic mass is 10.1. The molecule has 0 bridgehead atoms.